The minimum Gasteiger partial charge on any atom is -0.288 e. The number of carbonyl (C=O) groups excluding carboxylic acids is 1. The first-order valence-corrected chi connectivity index (χ1v) is 5.53. The zero-order chi connectivity index (χ0) is 12.4. The normalized spacial score (nSPS) is 10.3. The lowest BCUT2D eigenvalue weighted by atomic mass is 10.0. The van der Waals surface area contributed by atoms with Gasteiger partial charge in [0.15, 0.2) is 5.78 Å². The van der Waals surface area contributed by atoms with Gasteiger partial charge in [-0.05, 0) is 42.8 Å². The second-order valence-electron chi connectivity index (χ2n) is 3.77. The molecule has 2 aromatic rings. The van der Waals surface area contributed by atoms with E-state index >= 15 is 0 Å². The van der Waals surface area contributed by atoms with E-state index in [2.05, 4.69) is 0 Å². The first kappa shape index (κ1) is 11.8. The van der Waals surface area contributed by atoms with Gasteiger partial charge in [0, 0.05) is 10.6 Å². The molecule has 0 saturated heterocycles. The highest BCUT2D eigenvalue weighted by Crippen LogP contribution is 2.18. The predicted molar refractivity (Wildman–Crippen MR) is 66.0 cm³/mol. The largest absolute Gasteiger partial charge is 0.288 e. The van der Waals surface area contributed by atoms with Crippen molar-refractivity contribution in [3.05, 3.63) is 70.0 Å². The summed E-state index contributed by atoms with van der Waals surface area (Å²) in [5.74, 6) is -0.796. The van der Waals surface area contributed by atoms with Crippen molar-refractivity contribution in [2.24, 2.45) is 0 Å². The quantitative estimate of drug-likeness (QED) is 0.734. The van der Waals surface area contributed by atoms with E-state index in [1.165, 1.54) is 6.07 Å². The van der Waals surface area contributed by atoms with Crippen molar-refractivity contribution in [1.82, 2.24) is 0 Å². The van der Waals surface area contributed by atoms with Crippen LogP contribution < -0.4 is 0 Å². The maximum absolute atomic E-state index is 13.8. The Kier molecular flexibility index (Phi) is 3.25. The highest BCUT2D eigenvalue weighted by Gasteiger charge is 2.14. The highest BCUT2D eigenvalue weighted by atomic mass is 35.5. The van der Waals surface area contributed by atoms with Crippen LogP contribution in [-0.4, -0.2) is 5.78 Å². The summed E-state index contributed by atoms with van der Waals surface area (Å²) >= 11 is 5.73. The SMILES string of the molecule is Cc1cccc(C(=O)c2ccc(Cl)cc2)c1F. The smallest absolute Gasteiger partial charge is 0.195 e. The van der Waals surface area contributed by atoms with Crippen LogP contribution in [0.4, 0.5) is 4.39 Å². The molecule has 86 valence electrons. The van der Waals surface area contributed by atoms with E-state index in [1.54, 1.807) is 43.3 Å². The fourth-order valence-corrected chi connectivity index (χ4v) is 1.71. The monoisotopic (exact) mass is 248 g/mol. The van der Waals surface area contributed by atoms with E-state index in [1.807, 2.05) is 0 Å². The van der Waals surface area contributed by atoms with Gasteiger partial charge in [0.2, 0.25) is 0 Å². The van der Waals surface area contributed by atoms with E-state index in [0.29, 0.717) is 16.1 Å². The molecule has 0 aromatic heterocycles. The number of benzene rings is 2. The summed E-state index contributed by atoms with van der Waals surface area (Å²) in [6.07, 6.45) is 0. The Morgan fingerprint density at radius 2 is 1.76 bits per heavy atom. The van der Waals surface area contributed by atoms with Gasteiger partial charge in [-0.15, -0.1) is 0 Å². The molecule has 2 rings (SSSR count). The number of hydrogen-bond donors (Lipinski definition) is 0. The van der Waals surface area contributed by atoms with Crippen LogP contribution in [0.5, 0.6) is 0 Å². The van der Waals surface area contributed by atoms with Crippen LogP contribution in [0, 0.1) is 12.7 Å². The molecular weight excluding hydrogens is 239 g/mol. The molecule has 17 heavy (non-hydrogen) atoms. The highest BCUT2D eigenvalue weighted by molar-refractivity contribution is 6.30. The van der Waals surface area contributed by atoms with Crippen molar-refractivity contribution in [3.8, 4) is 0 Å². The Balaban J connectivity index is 2.44. The van der Waals surface area contributed by atoms with Crippen LogP contribution in [0.25, 0.3) is 0 Å². The Hall–Kier alpha value is -1.67. The van der Waals surface area contributed by atoms with Gasteiger partial charge in [-0.3, -0.25) is 4.79 Å². The van der Waals surface area contributed by atoms with Crippen molar-refractivity contribution in [1.29, 1.82) is 0 Å². The van der Waals surface area contributed by atoms with Gasteiger partial charge >= 0.3 is 0 Å². The average molecular weight is 249 g/mol. The molecule has 0 unspecified atom stereocenters. The molecule has 0 aliphatic carbocycles. The van der Waals surface area contributed by atoms with Gasteiger partial charge in [-0.1, -0.05) is 23.7 Å². The molecule has 0 bridgehead atoms. The van der Waals surface area contributed by atoms with Crippen LogP contribution in [0.1, 0.15) is 21.5 Å². The number of halogens is 2. The van der Waals surface area contributed by atoms with Crippen LogP contribution in [0.3, 0.4) is 0 Å². The number of ketones is 1. The van der Waals surface area contributed by atoms with Crippen LogP contribution in [-0.2, 0) is 0 Å². The second kappa shape index (κ2) is 4.68. The molecule has 0 aliphatic rings. The Morgan fingerprint density at radius 1 is 1.12 bits per heavy atom. The number of rotatable bonds is 2. The Bertz CT molecular complexity index is 561. The van der Waals surface area contributed by atoms with Crippen molar-refractivity contribution in [2.45, 2.75) is 6.92 Å². The summed E-state index contributed by atoms with van der Waals surface area (Å²) < 4.78 is 13.8. The van der Waals surface area contributed by atoms with E-state index in [9.17, 15) is 9.18 Å². The maximum atomic E-state index is 13.8. The Morgan fingerprint density at radius 3 is 2.41 bits per heavy atom. The molecule has 0 aliphatic heterocycles. The van der Waals surface area contributed by atoms with Crippen LogP contribution in [0.2, 0.25) is 5.02 Å². The van der Waals surface area contributed by atoms with Crippen molar-refractivity contribution in [2.75, 3.05) is 0 Å². The summed E-state index contributed by atoms with van der Waals surface area (Å²) in [6.45, 7) is 1.63. The molecular formula is C14H10ClFO. The fourth-order valence-electron chi connectivity index (χ4n) is 1.58. The summed E-state index contributed by atoms with van der Waals surface area (Å²) in [5, 5.41) is 0.547. The molecule has 2 aromatic carbocycles. The standard InChI is InChI=1S/C14H10ClFO/c1-9-3-2-4-12(13(9)16)14(17)10-5-7-11(15)8-6-10/h2-8H,1H3. The van der Waals surface area contributed by atoms with E-state index in [4.69, 9.17) is 11.6 Å². The van der Waals surface area contributed by atoms with Crippen molar-refractivity contribution < 1.29 is 9.18 Å². The first-order chi connectivity index (χ1) is 8.09. The number of aryl methyl sites for hydroxylation is 1. The van der Waals surface area contributed by atoms with Gasteiger partial charge in [0.1, 0.15) is 5.82 Å². The number of hydrogen-bond acceptors (Lipinski definition) is 1. The summed E-state index contributed by atoms with van der Waals surface area (Å²) in [6, 6.07) is 11.2. The molecule has 0 spiro atoms. The molecule has 0 amide bonds. The van der Waals surface area contributed by atoms with E-state index < -0.39 is 5.82 Å². The third kappa shape index (κ3) is 2.37. The van der Waals surface area contributed by atoms with Crippen LogP contribution in [0.15, 0.2) is 42.5 Å². The van der Waals surface area contributed by atoms with E-state index in [0.717, 1.165) is 0 Å². The summed E-state index contributed by atoms with van der Waals surface area (Å²) in [5.41, 5.74) is 0.982. The minimum absolute atomic E-state index is 0.0901. The molecule has 1 nitrogen and oxygen atoms in total. The fraction of sp³-hybridized carbons (Fsp3) is 0.0714. The summed E-state index contributed by atoms with van der Waals surface area (Å²) in [7, 11) is 0. The van der Waals surface area contributed by atoms with Gasteiger partial charge in [0.05, 0.1) is 5.56 Å². The second-order valence-corrected chi connectivity index (χ2v) is 4.21. The van der Waals surface area contributed by atoms with Gasteiger partial charge in [0.25, 0.3) is 0 Å². The van der Waals surface area contributed by atoms with Gasteiger partial charge < -0.3 is 0 Å². The molecule has 0 heterocycles. The predicted octanol–water partition coefficient (Wildman–Crippen LogP) is 4.02. The lowest BCUT2D eigenvalue weighted by Gasteiger charge is -2.04. The third-order valence-corrected chi connectivity index (χ3v) is 2.79. The third-order valence-electron chi connectivity index (χ3n) is 2.54. The summed E-state index contributed by atoms with van der Waals surface area (Å²) in [4.78, 5) is 12.0. The minimum atomic E-state index is -0.465. The Labute approximate surface area is 104 Å². The lowest BCUT2D eigenvalue weighted by Crippen LogP contribution is -2.05. The first-order valence-electron chi connectivity index (χ1n) is 5.15. The van der Waals surface area contributed by atoms with Crippen molar-refractivity contribution in [3.63, 3.8) is 0 Å². The zero-order valence-electron chi connectivity index (χ0n) is 9.21. The van der Waals surface area contributed by atoms with Crippen LogP contribution >= 0.6 is 11.6 Å². The van der Waals surface area contributed by atoms with Crippen molar-refractivity contribution >= 4 is 17.4 Å². The molecule has 0 N–H and O–H groups in total. The molecule has 3 heteroatoms. The lowest BCUT2D eigenvalue weighted by molar-refractivity contribution is 0.103. The molecule has 0 fully saturated rings. The zero-order valence-corrected chi connectivity index (χ0v) is 9.96. The maximum Gasteiger partial charge on any atom is 0.195 e. The number of carbonyl (C=O) groups is 1. The molecule has 0 atom stereocenters. The molecule has 0 saturated carbocycles. The average Bonchev–Trinajstić information content (AvgIpc) is 2.33. The van der Waals surface area contributed by atoms with E-state index in [-0.39, 0.29) is 11.3 Å². The van der Waals surface area contributed by atoms with Gasteiger partial charge in [-0.2, -0.15) is 0 Å². The topological polar surface area (TPSA) is 17.1 Å². The molecule has 0 radical (unpaired) electrons. The van der Waals surface area contributed by atoms with Gasteiger partial charge in [-0.25, -0.2) is 4.39 Å².